The van der Waals surface area contributed by atoms with Gasteiger partial charge in [0.05, 0.1) is 28.0 Å². The van der Waals surface area contributed by atoms with Crippen molar-refractivity contribution < 1.29 is 4.42 Å². The lowest BCUT2D eigenvalue weighted by Crippen LogP contribution is -2.42. The molecular weight excluding hydrogens is 318 g/mol. The number of benzene rings is 1. The third kappa shape index (κ3) is 3.86. The molecule has 126 valence electrons. The molecule has 4 rings (SSSR count). The molecule has 3 aromatic rings. The van der Waals surface area contributed by atoms with E-state index in [9.17, 15) is 0 Å². The topological polar surface area (TPSA) is 41.3 Å². The fraction of sp³-hybridized carbons (Fsp3) is 0.421. The molecule has 0 atom stereocenters. The number of hydrogen-bond donors (Lipinski definition) is 1. The highest BCUT2D eigenvalue weighted by molar-refractivity contribution is 7.18. The van der Waals surface area contributed by atoms with Crippen LogP contribution in [0.15, 0.2) is 47.1 Å². The minimum atomic E-state index is 0.632. The maximum absolute atomic E-state index is 5.44. The molecule has 4 nitrogen and oxygen atoms in total. The minimum Gasteiger partial charge on any atom is -0.468 e. The minimum absolute atomic E-state index is 0.632. The van der Waals surface area contributed by atoms with Gasteiger partial charge in [0.1, 0.15) is 5.76 Å². The molecule has 1 N–H and O–H groups in total. The number of furan rings is 1. The standard InChI is InChI=1S/C19H23N3OS/c1-2-6-18-17(5-1)21-19(24-18)7-10-20-15-8-11-22(12-9-15)14-16-4-3-13-23-16/h1-6,13,15,20H,7-12,14H2. The Morgan fingerprint density at radius 2 is 2.04 bits per heavy atom. The Labute approximate surface area is 146 Å². The Balaban J connectivity index is 1.20. The first-order chi connectivity index (χ1) is 11.9. The zero-order valence-corrected chi connectivity index (χ0v) is 14.6. The van der Waals surface area contributed by atoms with Crippen molar-refractivity contribution >= 4 is 21.6 Å². The second kappa shape index (κ2) is 7.47. The number of thiazole rings is 1. The number of nitrogens with one attached hydrogen (secondary N) is 1. The van der Waals surface area contributed by atoms with Gasteiger partial charge in [-0.2, -0.15) is 0 Å². The monoisotopic (exact) mass is 341 g/mol. The van der Waals surface area contributed by atoms with E-state index in [1.54, 1.807) is 6.26 Å². The van der Waals surface area contributed by atoms with E-state index in [0.717, 1.165) is 43.9 Å². The number of hydrogen-bond acceptors (Lipinski definition) is 5. The first-order valence-electron chi connectivity index (χ1n) is 8.69. The Hall–Kier alpha value is -1.69. The van der Waals surface area contributed by atoms with E-state index in [1.165, 1.54) is 22.5 Å². The molecule has 2 aromatic heterocycles. The third-order valence-corrected chi connectivity index (χ3v) is 5.75. The summed E-state index contributed by atoms with van der Waals surface area (Å²) in [6.07, 6.45) is 5.19. The van der Waals surface area contributed by atoms with E-state index in [2.05, 4.69) is 40.5 Å². The van der Waals surface area contributed by atoms with Gasteiger partial charge in [-0.05, 0) is 37.1 Å². The zero-order chi connectivity index (χ0) is 16.2. The molecule has 24 heavy (non-hydrogen) atoms. The quantitative estimate of drug-likeness (QED) is 0.742. The molecule has 5 heteroatoms. The van der Waals surface area contributed by atoms with E-state index in [1.807, 2.05) is 17.4 Å². The van der Waals surface area contributed by atoms with Crippen LogP contribution in [0.2, 0.25) is 0 Å². The van der Waals surface area contributed by atoms with Gasteiger partial charge in [-0.1, -0.05) is 12.1 Å². The van der Waals surface area contributed by atoms with Crippen molar-refractivity contribution in [3.05, 3.63) is 53.4 Å². The molecule has 0 saturated carbocycles. The van der Waals surface area contributed by atoms with Crippen molar-refractivity contribution in [2.24, 2.45) is 0 Å². The summed E-state index contributed by atoms with van der Waals surface area (Å²) in [4.78, 5) is 7.19. The van der Waals surface area contributed by atoms with Gasteiger partial charge in [-0.25, -0.2) is 4.98 Å². The SMILES string of the molecule is c1coc(CN2CCC(NCCc3nc4ccccc4s3)CC2)c1. The molecule has 1 aliphatic rings. The molecule has 1 fully saturated rings. The molecule has 0 amide bonds. The number of nitrogens with zero attached hydrogens (tertiary/aromatic N) is 2. The number of aromatic nitrogens is 1. The Morgan fingerprint density at radius 3 is 2.83 bits per heavy atom. The predicted octanol–water partition coefficient (Wildman–Crippen LogP) is 3.69. The molecular formula is C19H23N3OS. The Bertz CT molecular complexity index is 727. The van der Waals surface area contributed by atoms with Crippen molar-refractivity contribution in [2.75, 3.05) is 19.6 Å². The predicted molar refractivity (Wildman–Crippen MR) is 98.3 cm³/mol. The van der Waals surface area contributed by atoms with Crippen LogP contribution in [0.4, 0.5) is 0 Å². The fourth-order valence-electron chi connectivity index (χ4n) is 3.33. The Morgan fingerprint density at radius 1 is 1.17 bits per heavy atom. The number of likely N-dealkylation sites (tertiary alicyclic amines) is 1. The molecule has 0 radical (unpaired) electrons. The zero-order valence-electron chi connectivity index (χ0n) is 13.8. The number of rotatable bonds is 6. The van der Waals surface area contributed by atoms with Crippen LogP contribution in [0, 0.1) is 0 Å². The first kappa shape index (κ1) is 15.8. The summed E-state index contributed by atoms with van der Waals surface area (Å²) in [6, 6.07) is 13.0. The molecule has 0 aliphatic carbocycles. The Kier molecular flexibility index (Phi) is 4.92. The largest absolute Gasteiger partial charge is 0.468 e. The number of piperidine rings is 1. The molecule has 1 aromatic carbocycles. The van der Waals surface area contributed by atoms with Crippen molar-refractivity contribution in [2.45, 2.75) is 31.8 Å². The van der Waals surface area contributed by atoms with E-state index < -0.39 is 0 Å². The maximum Gasteiger partial charge on any atom is 0.117 e. The third-order valence-electron chi connectivity index (χ3n) is 4.66. The lowest BCUT2D eigenvalue weighted by atomic mass is 10.0. The van der Waals surface area contributed by atoms with Gasteiger partial charge in [-0.3, -0.25) is 4.90 Å². The van der Waals surface area contributed by atoms with Crippen LogP contribution in [-0.2, 0) is 13.0 Å². The van der Waals surface area contributed by atoms with Crippen LogP contribution in [0.1, 0.15) is 23.6 Å². The highest BCUT2D eigenvalue weighted by atomic mass is 32.1. The van der Waals surface area contributed by atoms with Gasteiger partial charge in [0.25, 0.3) is 0 Å². The van der Waals surface area contributed by atoms with Gasteiger partial charge in [0.2, 0.25) is 0 Å². The van der Waals surface area contributed by atoms with Crippen LogP contribution in [0.3, 0.4) is 0 Å². The van der Waals surface area contributed by atoms with E-state index in [0.29, 0.717) is 6.04 Å². The van der Waals surface area contributed by atoms with Crippen molar-refractivity contribution in [1.82, 2.24) is 15.2 Å². The highest BCUT2D eigenvalue weighted by Gasteiger charge is 2.19. The maximum atomic E-state index is 5.44. The number of para-hydroxylation sites is 1. The average Bonchev–Trinajstić information content (AvgIpc) is 3.25. The van der Waals surface area contributed by atoms with Gasteiger partial charge in [-0.15, -0.1) is 11.3 Å². The number of fused-ring (bicyclic) bond motifs is 1. The van der Waals surface area contributed by atoms with Gasteiger partial charge in [0.15, 0.2) is 0 Å². The van der Waals surface area contributed by atoms with Crippen LogP contribution in [0.25, 0.3) is 10.2 Å². The first-order valence-corrected chi connectivity index (χ1v) is 9.51. The summed E-state index contributed by atoms with van der Waals surface area (Å²) in [5.41, 5.74) is 1.13. The summed E-state index contributed by atoms with van der Waals surface area (Å²) >= 11 is 1.82. The molecule has 0 unspecified atom stereocenters. The average molecular weight is 341 g/mol. The summed E-state index contributed by atoms with van der Waals surface area (Å²) in [5, 5.41) is 4.95. The fourth-order valence-corrected chi connectivity index (χ4v) is 4.30. The van der Waals surface area contributed by atoms with Crippen LogP contribution < -0.4 is 5.32 Å². The van der Waals surface area contributed by atoms with Crippen LogP contribution in [-0.4, -0.2) is 35.6 Å². The molecule has 1 aliphatic heterocycles. The van der Waals surface area contributed by atoms with E-state index in [4.69, 9.17) is 9.40 Å². The summed E-state index contributed by atoms with van der Waals surface area (Å²) in [5.74, 6) is 1.07. The highest BCUT2D eigenvalue weighted by Crippen LogP contribution is 2.21. The van der Waals surface area contributed by atoms with Crippen LogP contribution in [0.5, 0.6) is 0 Å². The van der Waals surface area contributed by atoms with Gasteiger partial charge >= 0.3 is 0 Å². The molecule has 0 spiro atoms. The second-order valence-electron chi connectivity index (χ2n) is 6.41. The molecule has 1 saturated heterocycles. The normalized spacial score (nSPS) is 16.8. The summed E-state index contributed by atoms with van der Waals surface area (Å²) < 4.78 is 6.73. The smallest absolute Gasteiger partial charge is 0.117 e. The molecule has 0 bridgehead atoms. The van der Waals surface area contributed by atoms with E-state index >= 15 is 0 Å². The lowest BCUT2D eigenvalue weighted by molar-refractivity contribution is 0.179. The van der Waals surface area contributed by atoms with Crippen molar-refractivity contribution in [3.8, 4) is 0 Å². The molecule has 3 heterocycles. The van der Waals surface area contributed by atoms with Crippen molar-refractivity contribution in [1.29, 1.82) is 0 Å². The van der Waals surface area contributed by atoms with E-state index in [-0.39, 0.29) is 0 Å². The summed E-state index contributed by atoms with van der Waals surface area (Å²) in [6.45, 7) is 4.23. The van der Waals surface area contributed by atoms with Gasteiger partial charge < -0.3 is 9.73 Å². The van der Waals surface area contributed by atoms with Crippen molar-refractivity contribution in [3.63, 3.8) is 0 Å². The second-order valence-corrected chi connectivity index (χ2v) is 7.52. The van der Waals surface area contributed by atoms with Gasteiger partial charge in [0, 0.05) is 32.1 Å². The van der Waals surface area contributed by atoms with Crippen LogP contribution >= 0.6 is 11.3 Å². The summed E-state index contributed by atoms with van der Waals surface area (Å²) in [7, 11) is 0. The lowest BCUT2D eigenvalue weighted by Gasteiger charge is -2.31.